The number of imide groups is 1. The van der Waals surface area contributed by atoms with Crippen molar-refractivity contribution < 1.29 is 14.3 Å². The van der Waals surface area contributed by atoms with Crippen LogP contribution >= 0.6 is 0 Å². The molecule has 0 unspecified atom stereocenters. The molecule has 1 aliphatic heterocycles. The van der Waals surface area contributed by atoms with Crippen molar-refractivity contribution in [2.75, 3.05) is 10.6 Å². The number of aryl methyl sites for hydroxylation is 2. The van der Waals surface area contributed by atoms with Gasteiger partial charge in [0.15, 0.2) is 0 Å². The molecule has 2 N–H and O–H groups in total. The van der Waals surface area contributed by atoms with Crippen LogP contribution in [0, 0.1) is 13.8 Å². The van der Waals surface area contributed by atoms with Crippen molar-refractivity contribution in [2.24, 2.45) is 0 Å². The molecule has 3 aromatic rings. The molecule has 1 heterocycles. The van der Waals surface area contributed by atoms with Gasteiger partial charge in [-0.1, -0.05) is 23.8 Å². The van der Waals surface area contributed by atoms with E-state index in [-0.39, 0.29) is 11.8 Å². The van der Waals surface area contributed by atoms with Gasteiger partial charge in [-0.15, -0.1) is 0 Å². The van der Waals surface area contributed by atoms with Gasteiger partial charge in [-0.05, 0) is 55.8 Å². The summed E-state index contributed by atoms with van der Waals surface area (Å²) < 4.78 is 5.79. The maximum atomic E-state index is 12.9. The number of carbonyl (C=O) groups excluding carboxylic acids is 2. The molecule has 0 radical (unpaired) electrons. The fraction of sp³-hybridized carbons (Fsp3) is 0.0909. The standard InChI is InChI=1S/C22H18N2O3/c1-13-6-9-20(14(2)10-13)24-21(25)18-8-7-17(12-19(18)22(24)26)27-16-5-3-4-15(23)11-16/h3-12H,23H2,1-2H3. The maximum absolute atomic E-state index is 12.9. The lowest BCUT2D eigenvalue weighted by atomic mass is 10.1. The average molecular weight is 358 g/mol. The summed E-state index contributed by atoms with van der Waals surface area (Å²) in [5, 5.41) is 0. The summed E-state index contributed by atoms with van der Waals surface area (Å²) in [4.78, 5) is 27.0. The van der Waals surface area contributed by atoms with Gasteiger partial charge in [-0.3, -0.25) is 9.59 Å². The second-order valence-corrected chi connectivity index (χ2v) is 6.62. The summed E-state index contributed by atoms with van der Waals surface area (Å²) in [6.07, 6.45) is 0. The van der Waals surface area contributed by atoms with E-state index in [1.807, 2.05) is 26.0 Å². The van der Waals surface area contributed by atoms with Crippen molar-refractivity contribution in [1.82, 2.24) is 0 Å². The molecular weight excluding hydrogens is 340 g/mol. The fourth-order valence-corrected chi connectivity index (χ4v) is 3.27. The Morgan fingerprint density at radius 3 is 2.30 bits per heavy atom. The molecule has 1 aliphatic rings. The van der Waals surface area contributed by atoms with Crippen molar-refractivity contribution in [3.05, 3.63) is 82.9 Å². The Morgan fingerprint density at radius 2 is 1.56 bits per heavy atom. The van der Waals surface area contributed by atoms with E-state index in [0.29, 0.717) is 34.0 Å². The first kappa shape index (κ1) is 16.8. The van der Waals surface area contributed by atoms with Crippen LogP contribution in [-0.4, -0.2) is 11.8 Å². The van der Waals surface area contributed by atoms with Crippen molar-refractivity contribution in [1.29, 1.82) is 0 Å². The van der Waals surface area contributed by atoms with Gasteiger partial charge in [-0.2, -0.15) is 0 Å². The third kappa shape index (κ3) is 2.93. The van der Waals surface area contributed by atoms with E-state index in [1.165, 1.54) is 4.90 Å². The van der Waals surface area contributed by atoms with E-state index < -0.39 is 0 Å². The van der Waals surface area contributed by atoms with Gasteiger partial charge >= 0.3 is 0 Å². The van der Waals surface area contributed by atoms with Gasteiger partial charge in [0.25, 0.3) is 11.8 Å². The number of rotatable bonds is 3. The molecule has 27 heavy (non-hydrogen) atoms. The maximum Gasteiger partial charge on any atom is 0.266 e. The zero-order valence-corrected chi connectivity index (χ0v) is 15.0. The van der Waals surface area contributed by atoms with Crippen LogP contribution in [0.4, 0.5) is 11.4 Å². The largest absolute Gasteiger partial charge is 0.457 e. The second kappa shape index (κ2) is 6.29. The molecule has 0 bridgehead atoms. The predicted octanol–water partition coefficient (Wildman–Crippen LogP) is 4.48. The summed E-state index contributed by atoms with van der Waals surface area (Å²) in [5.74, 6) is 0.373. The van der Waals surface area contributed by atoms with Crippen molar-refractivity contribution >= 4 is 23.2 Å². The smallest absolute Gasteiger partial charge is 0.266 e. The van der Waals surface area contributed by atoms with Crippen LogP contribution in [0.1, 0.15) is 31.8 Å². The number of anilines is 2. The summed E-state index contributed by atoms with van der Waals surface area (Å²) in [6, 6.07) is 17.6. The van der Waals surface area contributed by atoms with Gasteiger partial charge in [0.05, 0.1) is 16.8 Å². The lowest BCUT2D eigenvalue weighted by Crippen LogP contribution is -2.30. The van der Waals surface area contributed by atoms with Crippen LogP contribution in [0.3, 0.4) is 0 Å². The minimum atomic E-state index is -0.347. The number of ether oxygens (including phenoxy) is 1. The molecule has 0 spiro atoms. The van der Waals surface area contributed by atoms with Crippen LogP contribution in [0.25, 0.3) is 0 Å². The molecule has 0 fully saturated rings. The van der Waals surface area contributed by atoms with E-state index in [0.717, 1.165) is 11.1 Å². The molecule has 5 nitrogen and oxygen atoms in total. The SMILES string of the molecule is Cc1ccc(N2C(=O)c3ccc(Oc4cccc(N)c4)cc3C2=O)c(C)c1. The van der Waals surface area contributed by atoms with Gasteiger partial charge < -0.3 is 10.5 Å². The molecule has 0 atom stereocenters. The summed E-state index contributed by atoms with van der Waals surface area (Å²) in [7, 11) is 0. The molecule has 3 aromatic carbocycles. The Morgan fingerprint density at radius 1 is 0.815 bits per heavy atom. The van der Waals surface area contributed by atoms with Crippen LogP contribution in [-0.2, 0) is 0 Å². The summed E-state index contributed by atoms with van der Waals surface area (Å²) in [6.45, 7) is 3.86. The molecule has 5 heteroatoms. The molecule has 0 saturated carbocycles. The number of nitrogen functional groups attached to an aromatic ring is 1. The minimum Gasteiger partial charge on any atom is -0.457 e. The Hall–Kier alpha value is -3.60. The quantitative estimate of drug-likeness (QED) is 0.553. The number of benzene rings is 3. The lowest BCUT2D eigenvalue weighted by Gasteiger charge is -2.16. The van der Waals surface area contributed by atoms with Gasteiger partial charge in [0.1, 0.15) is 11.5 Å². The Labute approximate surface area is 157 Å². The molecule has 0 aromatic heterocycles. The molecule has 2 amide bonds. The monoisotopic (exact) mass is 358 g/mol. The first-order chi connectivity index (χ1) is 12.9. The number of fused-ring (bicyclic) bond motifs is 1. The van der Waals surface area contributed by atoms with E-state index >= 15 is 0 Å². The highest BCUT2D eigenvalue weighted by molar-refractivity contribution is 6.34. The highest BCUT2D eigenvalue weighted by atomic mass is 16.5. The Balaban J connectivity index is 1.69. The first-order valence-corrected chi connectivity index (χ1v) is 8.57. The van der Waals surface area contributed by atoms with E-state index in [2.05, 4.69) is 0 Å². The third-order valence-corrected chi connectivity index (χ3v) is 4.55. The number of carbonyl (C=O) groups is 2. The molecule has 4 rings (SSSR count). The number of nitrogens with two attached hydrogens (primary N) is 1. The Bertz CT molecular complexity index is 1090. The number of nitrogens with zero attached hydrogens (tertiary/aromatic N) is 1. The zero-order chi connectivity index (χ0) is 19.1. The van der Waals surface area contributed by atoms with E-state index in [1.54, 1.807) is 48.5 Å². The molecule has 0 aliphatic carbocycles. The van der Waals surface area contributed by atoms with Crippen molar-refractivity contribution in [3.8, 4) is 11.5 Å². The van der Waals surface area contributed by atoms with Crippen molar-refractivity contribution in [2.45, 2.75) is 13.8 Å². The third-order valence-electron chi connectivity index (χ3n) is 4.55. The molecular formula is C22H18N2O3. The number of hydrogen-bond donors (Lipinski definition) is 1. The summed E-state index contributed by atoms with van der Waals surface area (Å²) >= 11 is 0. The number of amides is 2. The highest BCUT2D eigenvalue weighted by Gasteiger charge is 2.37. The zero-order valence-electron chi connectivity index (χ0n) is 15.0. The van der Waals surface area contributed by atoms with Crippen LogP contribution in [0.5, 0.6) is 11.5 Å². The second-order valence-electron chi connectivity index (χ2n) is 6.62. The lowest BCUT2D eigenvalue weighted by molar-refractivity contribution is 0.0926. The van der Waals surface area contributed by atoms with Gasteiger partial charge in [0, 0.05) is 11.8 Å². The number of hydrogen-bond acceptors (Lipinski definition) is 4. The topological polar surface area (TPSA) is 72.6 Å². The van der Waals surface area contributed by atoms with Crippen LogP contribution in [0.15, 0.2) is 60.7 Å². The predicted molar refractivity (Wildman–Crippen MR) is 104 cm³/mol. The van der Waals surface area contributed by atoms with Gasteiger partial charge in [0.2, 0.25) is 0 Å². The summed E-state index contributed by atoms with van der Waals surface area (Å²) in [5.41, 5.74) is 9.61. The van der Waals surface area contributed by atoms with Crippen LogP contribution in [0.2, 0.25) is 0 Å². The van der Waals surface area contributed by atoms with E-state index in [4.69, 9.17) is 10.5 Å². The average Bonchev–Trinajstić information content (AvgIpc) is 2.86. The first-order valence-electron chi connectivity index (χ1n) is 8.57. The van der Waals surface area contributed by atoms with E-state index in [9.17, 15) is 9.59 Å². The molecule has 134 valence electrons. The minimum absolute atomic E-state index is 0.322. The van der Waals surface area contributed by atoms with Crippen molar-refractivity contribution in [3.63, 3.8) is 0 Å². The van der Waals surface area contributed by atoms with Gasteiger partial charge in [-0.25, -0.2) is 4.90 Å². The van der Waals surface area contributed by atoms with Crippen LogP contribution < -0.4 is 15.4 Å². The fourth-order valence-electron chi connectivity index (χ4n) is 3.27. The molecule has 0 saturated heterocycles. The highest BCUT2D eigenvalue weighted by Crippen LogP contribution is 2.34. The Kier molecular flexibility index (Phi) is 3.92. The normalized spacial score (nSPS) is 13.0.